The zero-order valence-electron chi connectivity index (χ0n) is 9.78. The predicted octanol–water partition coefficient (Wildman–Crippen LogP) is 3.38. The smallest absolute Gasteiger partial charge is 0.127 e. The highest BCUT2D eigenvalue weighted by Crippen LogP contribution is 2.30. The Kier molecular flexibility index (Phi) is 3.41. The van der Waals surface area contributed by atoms with Gasteiger partial charge in [-0.25, -0.2) is 4.98 Å². The van der Waals surface area contributed by atoms with Gasteiger partial charge in [0.15, 0.2) is 0 Å². The number of furan rings is 1. The van der Waals surface area contributed by atoms with Crippen LogP contribution in [0.5, 0.6) is 0 Å². The molecule has 0 aliphatic heterocycles. The monoisotopic (exact) mass is 236 g/mol. The molecule has 0 aliphatic carbocycles. The van der Waals surface area contributed by atoms with Gasteiger partial charge in [0.25, 0.3) is 0 Å². The van der Waals surface area contributed by atoms with E-state index in [2.05, 4.69) is 24.1 Å². The second-order valence-electron chi connectivity index (χ2n) is 3.74. The van der Waals surface area contributed by atoms with Crippen LogP contribution in [0.4, 0.5) is 0 Å². The maximum absolute atomic E-state index is 5.29. The normalized spacial score (nSPS) is 12.9. The Bertz CT molecular complexity index is 461. The molecule has 0 saturated heterocycles. The van der Waals surface area contributed by atoms with Crippen molar-refractivity contribution in [3.05, 3.63) is 29.2 Å². The molecule has 0 saturated carbocycles. The van der Waals surface area contributed by atoms with Crippen LogP contribution in [0.25, 0.3) is 10.6 Å². The van der Waals surface area contributed by atoms with Crippen molar-refractivity contribution in [2.75, 3.05) is 6.54 Å². The first-order chi connectivity index (χ1) is 7.72. The molecule has 0 aliphatic rings. The summed E-state index contributed by atoms with van der Waals surface area (Å²) in [5, 5.41) is 4.42. The van der Waals surface area contributed by atoms with Gasteiger partial charge in [-0.2, -0.15) is 0 Å². The van der Waals surface area contributed by atoms with E-state index in [-0.39, 0.29) is 0 Å². The third kappa shape index (κ3) is 2.18. The molecule has 2 aromatic heterocycles. The van der Waals surface area contributed by atoms with Crippen molar-refractivity contribution in [1.29, 1.82) is 0 Å². The fourth-order valence-electron chi connectivity index (χ4n) is 1.62. The van der Waals surface area contributed by atoms with Crippen LogP contribution in [0.15, 0.2) is 22.9 Å². The van der Waals surface area contributed by atoms with Gasteiger partial charge in [-0.3, -0.25) is 0 Å². The average Bonchev–Trinajstić information content (AvgIpc) is 2.86. The maximum Gasteiger partial charge on any atom is 0.127 e. The molecule has 0 bridgehead atoms. The molecule has 86 valence electrons. The highest BCUT2D eigenvalue weighted by molar-refractivity contribution is 7.15. The fraction of sp³-hybridized carbons (Fsp3) is 0.417. The van der Waals surface area contributed by atoms with Gasteiger partial charge in [0, 0.05) is 17.1 Å². The van der Waals surface area contributed by atoms with Gasteiger partial charge in [0.05, 0.1) is 11.8 Å². The Balaban J connectivity index is 2.23. The summed E-state index contributed by atoms with van der Waals surface area (Å²) in [6, 6.07) is 2.33. The lowest BCUT2D eigenvalue weighted by Crippen LogP contribution is -2.16. The predicted molar refractivity (Wildman–Crippen MR) is 66.6 cm³/mol. The van der Waals surface area contributed by atoms with Gasteiger partial charge in [-0.15, -0.1) is 11.3 Å². The van der Waals surface area contributed by atoms with Gasteiger partial charge in [0.1, 0.15) is 10.8 Å². The van der Waals surface area contributed by atoms with Gasteiger partial charge in [-0.05, 0) is 26.5 Å². The second-order valence-corrected chi connectivity index (χ2v) is 4.80. The van der Waals surface area contributed by atoms with Gasteiger partial charge < -0.3 is 9.73 Å². The molecule has 3 nitrogen and oxygen atoms in total. The third-order valence-electron chi connectivity index (χ3n) is 2.55. The summed E-state index contributed by atoms with van der Waals surface area (Å²) in [4.78, 5) is 5.70. The van der Waals surface area contributed by atoms with Crippen LogP contribution >= 0.6 is 11.3 Å². The van der Waals surface area contributed by atoms with Crippen LogP contribution in [0.1, 0.15) is 30.5 Å². The van der Waals surface area contributed by atoms with Crippen molar-refractivity contribution in [2.45, 2.75) is 26.8 Å². The van der Waals surface area contributed by atoms with Crippen LogP contribution in [-0.2, 0) is 0 Å². The average molecular weight is 236 g/mol. The van der Waals surface area contributed by atoms with E-state index in [1.807, 2.05) is 19.2 Å². The van der Waals surface area contributed by atoms with Crippen LogP contribution in [0.2, 0.25) is 0 Å². The van der Waals surface area contributed by atoms with E-state index in [1.165, 1.54) is 4.88 Å². The molecule has 2 aromatic rings. The summed E-state index contributed by atoms with van der Waals surface area (Å²) in [5.41, 5.74) is 1.10. The van der Waals surface area contributed by atoms with Crippen molar-refractivity contribution < 1.29 is 4.42 Å². The molecule has 0 fully saturated rings. The topological polar surface area (TPSA) is 38.1 Å². The zero-order valence-corrected chi connectivity index (χ0v) is 10.6. The Morgan fingerprint density at radius 1 is 1.56 bits per heavy atom. The molecular formula is C12H16N2OS. The first kappa shape index (κ1) is 11.4. The number of hydrogen-bond donors (Lipinski definition) is 1. The van der Waals surface area contributed by atoms with Crippen LogP contribution < -0.4 is 5.32 Å². The van der Waals surface area contributed by atoms with Crippen LogP contribution in [-0.4, -0.2) is 11.5 Å². The minimum atomic E-state index is 0.364. The van der Waals surface area contributed by atoms with E-state index in [4.69, 9.17) is 4.42 Å². The number of nitrogens with one attached hydrogen (secondary N) is 1. The lowest BCUT2D eigenvalue weighted by atomic mass is 10.3. The fourth-order valence-corrected chi connectivity index (χ4v) is 2.64. The molecule has 0 aromatic carbocycles. The number of nitrogens with zero attached hydrogens (tertiary/aromatic N) is 1. The minimum Gasteiger partial charge on any atom is -0.469 e. The summed E-state index contributed by atoms with van der Waals surface area (Å²) in [6.45, 7) is 7.20. The molecule has 2 rings (SSSR count). The first-order valence-corrected chi connectivity index (χ1v) is 6.27. The van der Waals surface area contributed by atoms with Crippen molar-refractivity contribution >= 4 is 11.3 Å². The van der Waals surface area contributed by atoms with E-state index in [1.54, 1.807) is 17.6 Å². The molecule has 0 spiro atoms. The van der Waals surface area contributed by atoms with Crippen molar-refractivity contribution in [3.8, 4) is 10.6 Å². The summed E-state index contributed by atoms with van der Waals surface area (Å²) in [7, 11) is 0. The summed E-state index contributed by atoms with van der Waals surface area (Å²) in [5.74, 6) is 0.928. The highest BCUT2D eigenvalue weighted by Gasteiger charge is 2.12. The number of thiazole rings is 1. The van der Waals surface area contributed by atoms with E-state index in [9.17, 15) is 0 Å². The van der Waals surface area contributed by atoms with Gasteiger partial charge in [-0.1, -0.05) is 6.92 Å². The standard InChI is InChI=1S/C12H16N2OS/c1-4-13-8(2)11-7-14-12(16-11)10-5-6-15-9(10)3/h5-8,13H,4H2,1-3H3. The van der Waals surface area contributed by atoms with Gasteiger partial charge >= 0.3 is 0 Å². The van der Waals surface area contributed by atoms with Crippen molar-refractivity contribution in [1.82, 2.24) is 10.3 Å². The Morgan fingerprint density at radius 3 is 3.00 bits per heavy atom. The number of aryl methyl sites for hydroxylation is 1. The molecule has 4 heteroatoms. The van der Waals surface area contributed by atoms with Gasteiger partial charge in [0.2, 0.25) is 0 Å². The molecule has 0 radical (unpaired) electrons. The van der Waals surface area contributed by atoms with Crippen LogP contribution in [0.3, 0.4) is 0 Å². The Labute approximate surface area is 99.5 Å². The lowest BCUT2D eigenvalue weighted by Gasteiger charge is -2.07. The van der Waals surface area contributed by atoms with E-state index in [0.29, 0.717) is 6.04 Å². The number of rotatable bonds is 4. The molecule has 16 heavy (non-hydrogen) atoms. The largest absolute Gasteiger partial charge is 0.469 e. The summed E-state index contributed by atoms with van der Waals surface area (Å²) in [6.07, 6.45) is 3.65. The number of aromatic nitrogens is 1. The van der Waals surface area contributed by atoms with E-state index >= 15 is 0 Å². The first-order valence-electron chi connectivity index (χ1n) is 5.46. The molecule has 0 amide bonds. The quantitative estimate of drug-likeness (QED) is 0.884. The van der Waals surface area contributed by atoms with E-state index in [0.717, 1.165) is 22.9 Å². The highest BCUT2D eigenvalue weighted by atomic mass is 32.1. The zero-order chi connectivity index (χ0) is 11.5. The summed E-state index contributed by atoms with van der Waals surface area (Å²) >= 11 is 1.72. The third-order valence-corrected chi connectivity index (χ3v) is 3.76. The molecule has 1 atom stereocenters. The van der Waals surface area contributed by atoms with Crippen molar-refractivity contribution in [2.24, 2.45) is 0 Å². The molecule has 2 heterocycles. The summed E-state index contributed by atoms with van der Waals surface area (Å²) < 4.78 is 5.29. The molecule has 1 N–H and O–H groups in total. The Morgan fingerprint density at radius 2 is 2.38 bits per heavy atom. The maximum atomic E-state index is 5.29. The Hall–Kier alpha value is -1.13. The minimum absolute atomic E-state index is 0.364. The molecule has 1 unspecified atom stereocenters. The molecular weight excluding hydrogens is 220 g/mol. The number of hydrogen-bond acceptors (Lipinski definition) is 4. The van der Waals surface area contributed by atoms with Crippen LogP contribution in [0, 0.1) is 6.92 Å². The lowest BCUT2D eigenvalue weighted by molar-refractivity contribution is 0.535. The van der Waals surface area contributed by atoms with Crippen molar-refractivity contribution in [3.63, 3.8) is 0 Å². The second kappa shape index (κ2) is 4.80. The SMILES string of the molecule is CCNC(C)c1cnc(-c2ccoc2C)s1. The van der Waals surface area contributed by atoms with E-state index < -0.39 is 0 Å².